The molecule has 0 fully saturated rings. The van der Waals surface area contributed by atoms with E-state index in [1.807, 2.05) is 6.07 Å². The molecule has 0 spiro atoms. The molecular weight excluding hydrogens is 242 g/mol. The second kappa shape index (κ2) is 6.53. The van der Waals surface area contributed by atoms with Crippen LogP contribution in [0.25, 0.3) is 6.08 Å². The van der Waals surface area contributed by atoms with Crippen LogP contribution in [-0.4, -0.2) is 19.0 Å². The largest absolute Gasteiger partial charge is 0.300 e. The molecule has 1 unspecified atom stereocenters. The summed E-state index contributed by atoms with van der Waals surface area (Å²) in [5.41, 5.74) is 2.62. The average molecular weight is 265 g/mol. The fraction of sp³-hybridized carbons (Fsp3) is 0.263. The highest BCUT2D eigenvalue weighted by molar-refractivity contribution is 5.49. The zero-order chi connectivity index (χ0) is 14.4. The van der Waals surface area contributed by atoms with Crippen molar-refractivity contribution in [3.63, 3.8) is 0 Å². The highest BCUT2D eigenvalue weighted by Gasteiger charge is 2.27. The monoisotopic (exact) mass is 265 g/mol. The Morgan fingerprint density at radius 3 is 2.00 bits per heavy atom. The SMILES string of the molecule is CN(C)C(C)(CC=Cc1ccccc1)c1ccccc1. The van der Waals surface area contributed by atoms with E-state index >= 15 is 0 Å². The Labute approximate surface area is 122 Å². The smallest absolute Gasteiger partial charge is 0.0461 e. The van der Waals surface area contributed by atoms with Crippen molar-refractivity contribution in [3.8, 4) is 0 Å². The van der Waals surface area contributed by atoms with E-state index in [1.54, 1.807) is 0 Å². The molecule has 2 rings (SSSR count). The van der Waals surface area contributed by atoms with Crippen LogP contribution in [0.1, 0.15) is 24.5 Å². The van der Waals surface area contributed by atoms with E-state index in [1.165, 1.54) is 11.1 Å². The Bertz CT molecular complexity index is 542. The topological polar surface area (TPSA) is 3.24 Å². The molecule has 1 atom stereocenters. The summed E-state index contributed by atoms with van der Waals surface area (Å²) in [4.78, 5) is 2.29. The molecule has 0 saturated heterocycles. The number of hydrogen-bond acceptors (Lipinski definition) is 1. The maximum Gasteiger partial charge on any atom is 0.0461 e. The van der Waals surface area contributed by atoms with Gasteiger partial charge < -0.3 is 0 Å². The maximum atomic E-state index is 2.29. The van der Waals surface area contributed by atoms with Crippen molar-refractivity contribution in [3.05, 3.63) is 77.9 Å². The zero-order valence-electron chi connectivity index (χ0n) is 12.6. The first-order chi connectivity index (χ1) is 9.63. The van der Waals surface area contributed by atoms with Gasteiger partial charge in [0, 0.05) is 5.54 Å². The summed E-state index contributed by atoms with van der Waals surface area (Å²) in [6.45, 7) is 2.29. The van der Waals surface area contributed by atoms with Gasteiger partial charge in [-0.3, -0.25) is 4.90 Å². The van der Waals surface area contributed by atoms with E-state index < -0.39 is 0 Å². The Hall–Kier alpha value is -1.86. The summed E-state index contributed by atoms with van der Waals surface area (Å²) in [6.07, 6.45) is 5.45. The Morgan fingerprint density at radius 1 is 0.900 bits per heavy atom. The Balaban J connectivity index is 2.17. The second-order valence-corrected chi connectivity index (χ2v) is 5.55. The molecule has 1 heteroatoms. The van der Waals surface area contributed by atoms with Crippen LogP contribution in [0.15, 0.2) is 66.7 Å². The Morgan fingerprint density at radius 2 is 1.45 bits per heavy atom. The van der Waals surface area contributed by atoms with Gasteiger partial charge in [-0.25, -0.2) is 0 Å². The van der Waals surface area contributed by atoms with Crippen molar-refractivity contribution >= 4 is 6.08 Å². The summed E-state index contributed by atoms with van der Waals surface area (Å²) in [7, 11) is 4.28. The van der Waals surface area contributed by atoms with Crippen molar-refractivity contribution in [1.29, 1.82) is 0 Å². The van der Waals surface area contributed by atoms with Gasteiger partial charge in [-0.05, 0) is 38.6 Å². The van der Waals surface area contributed by atoms with E-state index in [2.05, 4.69) is 92.7 Å². The molecule has 20 heavy (non-hydrogen) atoms. The lowest BCUT2D eigenvalue weighted by Crippen LogP contribution is -2.38. The molecule has 0 amide bonds. The van der Waals surface area contributed by atoms with Crippen LogP contribution in [0.2, 0.25) is 0 Å². The summed E-state index contributed by atoms with van der Waals surface area (Å²) >= 11 is 0. The molecule has 2 aromatic carbocycles. The molecule has 2 aromatic rings. The Kier molecular flexibility index (Phi) is 4.75. The van der Waals surface area contributed by atoms with Gasteiger partial charge in [0.05, 0.1) is 0 Å². The first-order valence-corrected chi connectivity index (χ1v) is 7.07. The van der Waals surface area contributed by atoms with Gasteiger partial charge in [-0.1, -0.05) is 72.8 Å². The lowest BCUT2D eigenvalue weighted by Gasteiger charge is -2.36. The van der Waals surface area contributed by atoms with E-state index in [4.69, 9.17) is 0 Å². The minimum Gasteiger partial charge on any atom is -0.300 e. The van der Waals surface area contributed by atoms with Gasteiger partial charge in [0.15, 0.2) is 0 Å². The molecule has 0 aliphatic rings. The summed E-state index contributed by atoms with van der Waals surface area (Å²) in [5, 5.41) is 0. The van der Waals surface area contributed by atoms with Crippen LogP contribution in [0.3, 0.4) is 0 Å². The van der Waals surface area contributed by atoms with Crippen molar-refractivity contribution in [2.45, 2.75) is 18.9 Å². The highest BCUT2D eigenvalue weighted by Crippen LogP contribution is 2.30. The first kappa shape index (κ1) is 14.5. The van der Waals surface area contributed by atoms with Crippen LogP contribution in [0, 0.1) is 0 Å². The third-order valence-corrected chi connectivity index (χ3v) is 4.01. The lowest BCUT2D eigenvalue weighted by atomic mass is 9.87. The first-order valence-electron chi connectivity index (χ1n) is 7.07. The number of benzene rings is 2. The van der Waals surface area contributed by atoms with Crippen LogP contribution in [0.5, 0.6) is 0 Å². The van der Waals surface area contributed by atoms with Crippen LogP contribution in [0.4, 0.5) is 0 Å². The maximum absolute atomic E-state index is 2.29. The summed E-state index contributed by atoms with van der Waals surface area (Å²) in [5.74, 6) is 0. The van der Waals surface area contributed by atoms with E-state index in [0.717, 1.165) is 6.42 Å². The standard InChI is InChI=1S/C19H23N/c1-19(20(2)3,18-14-8-5-9-15-18)16-10-13-17-11-6-4-7-12-17/h4-15H,16H2,1-3H3. The van der Waals surface area contributed by atoms with Crippen molar-refractivity contribution in [2.75, 3.05) is 14.1 Å². The number of hydrogen-bond donors (Lipinski definition) is 0. The van der Waals surface area contributed by atoms with Crippen LogP contribution >= 0.6 is 0 Å². The van der Waals surface area contributed by atoms with Gasteiger partial charge in [0.1, 0.15) is 0 Å². The summed E-state index contributed by atoms with van der Waals surface area (Å²) in [6, 6.07) is 21.1. The molecule has 0 aromatic heterocycles. The molecular formula is C19H23N. The normalized spacial score (nSPS) is 14.6. The third kappa shape index (κ3) is 3.37. The predicted octanol–water partition coefficient (Wildman–Crippen LogP) is 4.57. The van der Waals surface area contributed by atoms with E-state index in [-0.39, 0.29) is 5.54 Å². The number of rotatable bonds is 5. The second-order valence-electron chi connectivity index (χ2n) is 5.55. The van der Waals surface area contributed by atoms with Crippen LogP contribution in [-0.2, 0) is 5.54 Å². The molecule has 0 heterocycles. The van der Waals surface area contributed by atoms with Gasteiger partial charge >= 0.3 is 0 Å². The van der Waals surface area contributed by atoms with E-state index in [0.29, 0.717) is 0 Å². The number of nitrogens with zero attached hydrogens (tertiary/aromatic N) is 1. The zero-order valence-corrected chi connectivity index (χ0v) is 12.6. The third-order valence-electron chi connectivity index (χ3n) is 4.01. The van der Waals surface area contributed by atoms with Gasteiger partial charge in [-0.2, -0.15) is 0 Å². The van der Waals surface area contributed by atoms with Crippen molar-refractivity contribution in [2.24, 2.45) is 0 Å². The molecule has 104 valence electrons. The summed E-state index contributed by atoms with van der Waals surface area (Å²) < 4.78 is 0. The van der Waals surface area contributed by atoms with Crippen LogP contribution < -0.4 is 0 Å². The lowest BCUT2D eigenvalue weighted by molar-refractivity contribution is 0.177. The minimum atomic E-state index is 0.0204. The fourth-order valence-corrected chi connectivity index (χ4v) is 2.34. The molecule has 0 N–H and O–H groups in total. The van der Waals surface area contributed by atoms with Gasteiger partial charge in [0.25, 0.3) is 0 Å². The van der Waals surface area contributed by atoms with Gasteiger partial charge in [-0.15, -0.1) is 0 Å². The van der Waals surface area contributed by atoms with Crippen molar-refractivity contribution < 1.29 is 0 Å². The fourth-order valence-electron chi connectivity index (χ4n) is 2.34. The molecule has 0 radical (unpaired) electrons. The molecule has 0 bridgehead atoms. The van der Waals surface area contributed by atoms with E-state index in [9.17, 15) is 0 Å². The average Bonchev–Trinajstić information content (AvgIpc) is 2.49. The molecule has 0 saturated carbocycles. The molecule has 0 aliphatic carbocycles. The highest BCUT2D eigenvalue weighted by atomic mass is 15.1. The minimum absolute atomic E-state index is 0.0204. The molecule has 0 aliphatic heterocycles. The quantitative estimate of drug-likeness (QED) is 0.765. The van der Waals surface area contributed by atoms with Gasteiger partial charge in [0.2, 0.25) is 0 Å². The molecule has 1 nitrogen and oxygen atoms in total. The van der Waals surface area contributed by atoms with Crippen molar-refractivity contribution in [1.82, 2.24) is 4.90 Å². The predicted molar refractivity (Wildman–Crippen MR) is 87.6 cm³/mol.